The molecule has 0 radical (unpaired) electrons. The maximum atomic E-state index is 12.3. The van der Waals surface area contributed by atoms with E-state index in [2.05, 4.69) is 4.98 Å². The van der Waals surface area contributed by atoms with Crippen molar-refractivity contribution >= 4 is 5.91 Å². The number of hydrogen-bond acceptors (Lipinski definition) is 3. The Balaban J connectivity index is 2.33. The second kappa shape index (κ2) is 4.24. The summed E-state index contributed by atoms with van der Waals surface area (Å²) in [5.74, 6) is -0.300. The van der Waals surface area contributed by atoms with Crippen molar-refractivity contribution < 1.29 is 9.90 Å². The predicted octanol–water partition coefficient (Wildman–Crippen LogP) is 0.589. The van der Waals surface area contributed by atoms with Crippen LogP contribution in [0.1, 0.15) is 35.0 Å². The number of nitrogens with zero attached hydrogens (tertiary/aromatic N) is 1. The number of amides is 1. The molecule has 1 aliphatic rings. The Morgan fingerprint density at radius 3 is 2.67 bits per heavy atom. The average Bonchev–Trinajstić information content (AvgIpc) is 2.57. The minimum Gasteiger partial charge on any atom is -0.388 e. The molecule has 5 nitrogen and oxygen atoms in total. The summed E-state index contributed by atoms with van der Waals surface area (Å²) >= 11 is 0. The first kappa shape index (κ1) is 12.8. The fraction of sp³-hybridized carbons (Fsp3) is 0.538. The number of nitrogens with one attached hydrogen (secondary N) is 1. The fourth-order valence-electron chi connectivity index (χ4n) is 2.40. The third-order valence-electron chi connectivity index (χ3n) is 3.32. The number of aromatic amines is 1. The highest BCUT2D eigenvalue weighted by atomic mass is 16.3. The second-order valence-electron chi connectivity index (χ2n) is 5.31. The summed E-state index contributed by atoms with van der Waals surface area (Å²) in [5.41, 5.74) is 0.388. The number of hydrogen-bond donors (Lipinski definition) is 2. The van der Waals surface area contributed by atoms with E-state index in [1.54, 1.807) is 26.8 Å². The van der Waals surface area contributed by atoms with Gasteiger partial charge in [0.05, 0.1) is 5.60 Å². The summed E-state index contributed by atoms with van der Waals surface area (Å²) in [6.45, 7) is 6.00. The van der Waals surface area contributed by atoms with Gasteiger partial charge in [-0.15, -0.1) is 0 Å². The van der Waals surface area contributed by atoms with Crippen molar-refractivity contribution in [3.63, 3.8) is 0 Å². The standard InChI is InChI=1S/C13H18N2O3/c1-8-6-9(2)14-11(16)10(8)12(17)15-5-4-13(3,18)7-15/h6,18H,4-5,7H2,1-3H3,(H,14,16). The monoisotopic (exact) mass is 250 g/mol. The summed E-state index contributed by atoms with van der Waals surface area (Å²) in [6.07, 6.45) is 0.543. The lowest BCUT2D eigenvalue weighted by Gasteiger charge is -2.19. The molecule has 0 bridgehead atoms. The van der Waals surface area contributed by atoms with Crippen LogP contribution in [-0.2, 0) is 0 Å². The maximum absolute atomic E-state index is 12.3. The maximum Gasteiger partial charge on any atom is 0.261 e. The minimum atomic E-state index is -0.846. The van der Waals surface area contributed by atoms with E-state index < -0.39 is 5.60 Å². The molecule has 5 heteroatoms. The third-order valence-corrected chi connectivity index (χ3v) is 3.32. The number of pyridine rings is 1. The molecular formula is C13H18N2O3. The number of aliphatic hydroxyl groups is 1. The minimum absolute atomic E-state index is 0.179. The van der Waals surface area contributed by atoms with Gasteiger partial charge in [-0.05, 0) is 38.8 Å². The highest BCUT2D eigenvalue weighted by Gasteiger charge is 2.35. The Morgan fingerprint density at radius 1 is 1.50 bits per heavy atom. The average molecular weight is 250 g/mol. The normalized spacial score (nSPS) is 23.4. The van der Waals surface area contributed by atoms with Crippen LogP contribution in [0.2, 0.25) is 0 Å². The van der Waals surface area contributed by atoms with E-state index in [1.165, 1.54) is 4.90 Å². The number of aromatic nitrogens is 1. The van der Waals surface area contributed by atoms with Gasteiger partial charge in [0.2, 0.25) is 0 Å². The van der Waals surface area contributed by atoms with E-state index in [-0.39, 0.29) is 23.6 Å². The first-order chi connectivity index (χ1) is 8.30. The Hall–Kier alpha value is -1.62. The van der Waals surface area contributed by atoms with Crippen molar-refractivity contribution in [2.75, 3.05) is 13.1 Å². The summed E-state index contributed by atoms with van der Waals surface area (Å²) in [7, 11) is 0. The molecule has 2 N–H and O–H groups in total. The highest BCUT2D eigenvalue weighted by molar-refractivity contribution is 5.95. The van der Waals surface area contributed by atoms with Gasteiger partial charge in [-0.2, -0.15) is 0 Å². The molecule has 2 heterocycles. The molecule has 0 saturated carbocycles. The van der Waals surface area contributed by atoms with Crippen LogP contribution in [-0.4, -0.2) is 39.6 Å². The Kier molecular flexibility index (Phi) is 3.02. The van der Waals surface area contributed by atoms with E-state index in [9.17, 15) is 14.7 Å². The largest absolute Gasteiger partial charge is 0.388 e. The van der Waals surface area contributed by atoms with Gasteiger partial charge in [0, 0.05) is 18.8 Å². The summed E-state index contributed by atoms with van der Waals surface area (Å²) in [5, 5.41) is 9.86. The quantitative estimate of drug-likeness (QED) is 0.766. The molecule has 1 aliphatic heterocycles. The second-order valence-corrected chi connectivity index (χ2v) is 5.31. The molecule has 0 aliphatic carbocycles. The van der Waals surface area contributed by atoms with Gasteiger partial charge >= 0.3 is 0 Å². The molecule has 1 unspecified atom stereocenters. The zero-order valence-electron chi connectivity index (χ0n) is 10.9. The number of rotatable bonds is 1. The van der Waals surface area contributed by atoms with Crippen molar-refractivity contribution in [1.29, 1.82) is 0 Å². The van der Waals surface area contributed by atoms with Crippen LogP contribution < -0.4 is 5.56 Å². The van der Waals surface area contributed by atoms with Crippen LogP contribution in [0.15, 0.2) is 10.9 Å². The molecule has 2 rings (SSSR count). The Labute approximate surface area is 105 Å². The summed E-state index contributed by atoms with van der Waals surface area (Å²) in [6, 6.07) is 1.78. The van der Waals surface area contributed by atoms with E-state index in [1.807, 2.05) is 0 Å². The molecule has 0 aromatic carbocycles. The number of carbonyl (C=O) groups is 1. The Bertz CT molecular complexity index is 546. The molecule has 98 valence electrons. The number of H-pyrrole nitrogens is 1. The lowest BCUT2D eigenvalue weighted by atomic mass is 10.1. The molecule has 1 saturated heterocycles. The SMILES string of the molecule is Cc1cc(C)c(C(=O)N2CCC(C)(O)C2)c(=O)[nH]1. The van der Waals surface area contributed by atoms with Crippen LogP contribution in [0.4, 0.5) is 0 Å². The predicted molar refractivity (Wildman–Crippen MR) is 67.7 cm³/mol. The fourth-order valence-corrected chi connectivity index (χ4v) is 2.40. The number of β-amino-alcohol motifs (C(OH)–C–C–N with tert-alkyl or cyclic N) is 1. The van der Waals surface area contributed by atoms with Gasteiger partial charge in [-0.1, -0.05) is 0 Å². The zero-order chi connectivity index (χ0) is 13.5. The molecule has 1 amide bonds. The number of aryl methyl sites for hydroxylation is 2. The number of likely N-dealkylation sites (tertiary alicyclic amines) is 1. The van der Waals surface area contributed by atoms with Crippen molar-refractivity contribution in [2.45, 2.75) is 32.8 Å². The van der Waals surface area contributed by atoms with Gasteiger partial charge < -0.3 is 15.0 Å². The van der Waals surface area contributed by atoms with Crippen molar-refractivity contribution in [2.24, 2.45) is 0 Å². The van der Waals surface area contributed by atoms with Gasteiger partial charge in [0.15, 0.2) is 0 Å². The van der Waals surface area contributed by atoms with Gasteiger partial charge in [-0.3, -0.25) is 9.59 Å². The van der Waals surface area contributed by atoms with Crippen LogP contribution in [0.5, 0.6) is 0 Å². The first-order valence-electron chi connectivity index (χ1n) is 6.02. The van der Waals surface area contributed by atoms with Gasteiger partial charge in [0.1, 0.15) is 5.56 Å². The first-order valence-corrected chi connectivity index (χ1v) is 6.02. The lowest BCUT2D eigenvalue weighted by molar-refractivity contribution is 0.0570. The van der Waals surface area contributed by atoms with Crippen LogP contribution in [0.25, 0.3) is 0 Å². The van der Waals surface area contributed by atoms with E-state index in [4.69, 9.17) is 0 Å². The topological polar surface area (TPSA) is 73.4 Å². The third kappa shape index (κ3) is 2.31. The summed E-state index contributed by atoms with van der Waals surface area (Å²) in [4.78, 5) is 28.3. The van der Waals surface area contributed by atoms with Crippen molar-refractivity contribution in [3.8, 4) is 0 Å². The van der Waals surface area contributed by atoms with Crippen LogP contribution in [0, 0.1) is 13.8 Å². The van der Waals surface area contributed by atoms with Crippen LogP contribution in [0.3, 0.4) is 0 Å². The van der Waals surface area contributed by atoms with Gasteiger partial charge in [0.25, 0.3) is 11.5 Å². The molecule has 1 atom stereocenters. The zero-order valence-corrected chi connectivity index (χ0v) is 10.9. The molecule has 0 spiro atoms. The van der Waals surface area contributed by atoms with Crippen LogP contribution >= 0.6 is 0 Å². The smallest absolute Gasteiger partial charge is 0.261 e. The molecule has 1 fully saturated rings. The van der Waals surface area contributed by atoms with Crippen molar-refractivity contribution in [3.05, 3.63) is 33.2 Å². The molecule has 18 heavy (non-hydrogen) atoms. The molecular weight excluding hydrogens is 232 g/mol. The molecule has 1 aromatic rings. The highest BCUT2D eigenvalue weighted by Crippen LogP contribution is 2.22. The van der Waals surface area contributed by atoms with E-state index >= 15 is 0 Å². The molecule has 1 aromatic heterocycles. The van der Waals surface area contributed by atoms with E-state index in [0.717, 1.165) is 5.69 Å². The Morgan fingerprint density at radius 2 is 2.17 bits per heavy atom. The summed E-state index contributed by atoms with van der Waals surface area (Å²) < 4.78 is 0. The van der Waals surface area contributed by atoms with E-state index in [0.29, 0.717) is 18.5 Å². The lowest BCUT2D eigenvalue weighted by Crippen LogP contribution is -2.37. The van der Waals surface area contributed by atoms with Gasteiger partial charge in [-0.25, -0.2) is 0 Å². The van der Waals surface area contributed by atoms with Crippen molar-refractivity contribution in [1.82, 2.24) is 9.88 Å². The number of carbonyl (C=O) groups excluding carboxylic acids is 1.